The largest absolute Gasteiger partial charge is 0.480 e. The molecule has 0 spiro atoms. The van der Waals surface area contributed by atoms with Crippen molar-refractivity contribution >= 4 is 17.8 Å². The Labute approximate surface area is 99.5 Å². The molecule has 96 valence electrons. The number of nitrogens with zero attached hydrogens (tertiary/aromatic N) is 1. The molecule has 1 heterocycles. The first-order chi connectivity index (χ1) is 7.81. The molecule has 1 N–H and O–H groups in total. The molecular formula is C11H17NO5. The van der Waals surface area contributed by atoms with Gasteiger partial charge in [-0.25, -0.2) is 4.79 Å². The number of carboxylic acids is 1. The van der Waals surface area contributed by atoms with Crippen molar-refractivity contribution in [3.8, 4) is 0 Å². The molecular weight excluding hydrogens is 226 g/mol. The van der Waals surface area contributed by atoms with E-state index in [1.807, 2.05) is 0 Å². The maximum atomic E-state index is 11.9. The molecule has 17 heavy (non-hydrogen) atoms. The number of imide groups is 1. The molecule has 2 amide bonds. The highest BCUT2D eigenvalue weighted by Gasteiger charge is 2.49. The lowest BCUT2D eigenvalue weighted by molar-refractivity contribution is -0.156. The predicted molar refractivity (Wildman–Crippen MR) is 58.2 cm³/mol. The zero-order chi connectivity index (χ0) is 13.2. The van der Waals surface area contributed by atoms with E-state index in [1.54, 1.807) is 13.8 Å². The van der Waals surface area contributed by atoms with E-state index >= 15 is 0 Å². The Bertz CT molecular complexity index is 350. The van der Waals surface area contributed by atoms with Crippen molar-refractivity contribution in [2.45, 2.75) is 32.7 Å². The monoisotopic (exact) mass is 243 g/mol. The Morgan fingerprint density at radius 1 is 1.53 bits per heavy atom. The van der Waals surface area contributed by atoms with Crippen LogP contribution in [-0.4, -0.2) is 47.5 Å². The number of likely N-dealkylation sites (tertiary alicyclic amines) is 1. The summed E-state index contributed by atoms with van der Waals surface area (Å²) >= 11 is 0. The lowest BCUT2D eigenvalue weighted by Gasteiger charge is -2.24. The zero-order valence-corrected chi connectivity index (χ0v) is 10.2. The number of rotatable bonds is 5. The lowest BCUT2D eigenvalue weighted by atomic mass is 9.92. The van der Waals surface area contributed by atoms with Crippen LogP contribution >= 0.6 is 0 Å². The number of amides is 2. The van der Waals surface area contributed by atoms with Gasteiger partial charge in [0.1, 0.15) is 6.04 Å². The molecule has 1 rings (SSSR count). The van der Waals surface area contributed by atoms with Gasteiger partial charge in [0.15, 0.2) is 0 Å². The minimum atomic E-state index is -1.18. The van der Waals surface area contributed by atoms with Crippen molar-refractivity contribution in [2.75, 3.05) is 13.7 Å². The number of ether oxygens (including phenoxy) is 1. The molecule has 0 bridgehead atoms. The summed E-state index contributed by atoms with van der Waals surface area (Å²) in [5.41, 5.74) is -0.808. The van der Waals surface area contributed by atoms with Crippen LogP contribution in [0.4, 0.5) is 0 Å². The molecule has 1 saturated heterocycles. The first-order valence-electron chi connectivity index (χ1n) is 5.39. The second-order valence-electron chi connectivity index (χ2n) is 4.77. The third kappa shape index (κ3) is 2.63. The summed E-state index contributed by atoms with van der Waals surface area (Å²) < 4.78 is 4.79. The van der Waals surface area contributed by atoms with Gasteiger partial charge in [0.05, 0.1) is 5.41 Å². The molecule has 0 saturated carbocycles. The summed E-state index contributed by atoms with van der Waals surface area (Å²) in [4.78, 5) is 35.6. The van der Waals surface area contributed by atoms with Crippen LogP contribution in [0.1, 0.15) is 26.7 Å². The second kappa shape index (κ2) is 4.83. The SMILES string of the molecule is COCCC(C(=O)O)N1C(=O)CC(C)(C)C1=O. The van der Waals surface area contributed by atoms with E-state index in [0.717, 1.165) is 4.90 Å². The maximum absolute atomic E-state index is 11.9. The maximum Gasteiger partial charge on any atom is 0.327 e. The molecule has 1 aliphatic rings. The van der Waals surface area contributed by atoms with Crippen LogP contribution in [0.25, 0.3) is 0 Å². The van der Waals surface area contributed by atoms with E-state index in [2.05, 4.69) is 0 Å². The Morgan fingerprint density at radius 3 is 2.47 bits per heavy atom. The average molecular weight is 243 g/mol. The number of aliphatic carboxylic acids is 1. The molecule has 0 aromatic heterocycles. The molecule has 0 aromatic carbocycles. The molecule has 1 fully saturated rings. The summed E-state index contributed by atoms with van der Waals surface area (Å²) in [5.74, 6) is -2.03. The molecule has 6 nitrogen and oxygen atoms in total. The summed E-state index contributed by atoms with van der Waals surface area (Å²) in [5, 5.41) is 9.06. The molecule has 6 heteroatoms. The van der Waals surface area contributed by atoms with Crippen LogP contribution < -0.4 is 0 Å². The van der Waals surface area contributed by atoms with Crippen molar-refractivity contribution in [1.29, 1.82) is 0 Å². The normalized spacial score (nSPS) is 20.8. The number of hydrogen-bond acceptors (Lipinski definition) is 4. The summed E-state index contributed by atoms with van der Waals surface area (Å²) in [6.07, 6.45) is 0.169. The fourth-order valence-electron chi connectivity index (χ4n) is 1.89. The molecule has 1 unspecified atom stereocenters. The van der Waals surface area contributed by atoms with Gasteiger partial charge in [0.2, 0.25) is 11.8 Å². The van der Waals surface area contributed by atoms with Gasteiger partial charge >= 0.3 is 5.97 Å². The molecule has 0 radical (unpaired) electrons. The van der Waals surface area contributed by atoms with E-state index in [-0.39, 0.29) is 19.4 Å². The Kier molecular flexibility index (Phi) is 3.87. The second-order valence-corrected chi connectivity index (χ2v) is 4.77. The first kappa shape index (κ1) is 13.6. The Balaban J connectivity index is 2.91. The Morgan fingerprint density at radius 2 is 2.12 bits per heavy atom. The van der Waals surface area contributed by atoms with Crippen LogP contribution in [0, 0.1) is 5.41 Å². The van der Waals surface area contributed by atoms with Gasteiger partial charge in [0.25, 0.3) is 0 Å². The van der Waals surface area contributed by atoms with Gasteiger partial charge in [0, 0.05) is 26.6 Å². The molecule has 1 atom stereocenters. The Hall–Kier alpha value is -1.43. The van der Waals surface area contributed by atoms with E-state index in [4.69, 9.17) is 9.84 Å². The van der Waals surface area contributed by atoms with E-state index in [1.165, 1.54) is 7.11 Å². The van der Waals surface area contributed by atoms with Gasteiger partial charge in [-0.2, -0.15) is 0 Å². The number of methoxy groups -OCH3 is 1. The quantitative estimate of drug-likeness (QED) is 0.700. The number of carbonyl (C=O) groups is 3. The highest BCUT2D eigenvalue weighted by atomic mass is 16.5. The highest BCUT2D eigenvalue weighted by Crippen LogP contribution is 2.33. The van der Waals surface area contributed by atoms with Crippen LogP contribution in [-0.2, 0) is 19.1 Å². The fraction of sp³-hybridized carbons (Fsp3) is 0.727. The molecule has 1 aliphatic heterocycles. The van der Waals surface area contributed by atoms with Gasteiger partial charge in [-0.15, -0.1) is 0 Å². The lowest BCUT2D eigenvalue weighted by Crippen LogP contribution is -2.46. The predicted octanol–water partition coefficient (Wildman–Crippen LogP) is 0.261. The van der Waals surface area contributed by atoms with Gasteiger partial charge < -0.3 is 9.84 Å². The average Bonchev–Trinajstić information content (AvgIpc) is 2.40. The van der Waals surface area contributed by atoms with E-state index < -0.39 is 29.2 Å². The minimum absolute atomic E-state index is 0.0581. The van der Waals surface area contributed by atoms with Crippen LogP contribution in [0.2, 0.25) is 0 Å². The van der Waals surface area contributed by atoms with Crippen molar-refractivity contribution in [1.82, 2.24) is 4.90 Å². The van der Waals surface area contributed by atoms with Crippen molar-refractivity contribution in [3.05, 3.63) is 0 Å². The summed E-state index contributed by atoms with van der Waals surface area (Å²) in [7, 11) is 1.44. The molecule has 0 aliphatic carbocycles. The summed E-state index contributed by atoms with van der Waals surface area (Å²) in [6.45, 7) is 3.47. The van der Waals surface area contributed by atoms with Crippen molar-refractivity contribution in [2.24, 2.45) is 5.41 Å². The van der Waals surface area contributed by atoms with E-state index in [0.29, 0.717) is 0 Å². The highest BCUT2D eigenvalue weighted by molar-refractivity contribution is 6.07. The summed E-state index contributed by atoms with van der Waals surface area (Å²) in [6, 6.07) is -1.13. The zero-order valence-electron chi connectivity index (χ0n) is 10.2. The standard InChI is InChI=1S/C11H17NO5/c1-11(2)6-8(13)12(10(11)16)7(9(14)15)4-5-17-3/h7H,4-6H2,1-3H3,(H,14,15). The number of carboxylic acid groups (broad SMARTS) is 1. The third-order valence-electron chi connectivity index (χ3n) is 2.85. The van der Waals surface area contributed by atoms with Gasteiger partial charge in [-0.1, -0.05) is 13.8 Å². The van der Waals surface area contributed by atoms with Gasteiger partial charge in [-0.3, -0.25) is 14.5 Å². The van der Waals surface area contributed by atoms with Crippen molar-refractivity contribution < 1.29 is 24.2 Å². The molecule has 0 aromatic rings. The van der Waals surface area contributed by atoms with Crippen molar-refractivity contribution in [3.63, 3.8) is 0 Å². The van der Waals surface area contributed by atoms with E-state index in [9.17, 15) is 14.4 Å². The van der Waals surface area contributed by atoms with Crippen LogP contribution in [0.5, 0.6) is 0 Å². The fourth-order valence-corrected chi connectivity index (χ4v) is 1.89. The van der Waals surface area contributed by atoms with Crippen LogP contribution in [0.3, 0.4) is 0 Å². The van der Waals surface area contributed by atoms with Crippen LogP contribution in [0.15, 0.2) is 0 Å². The third-order valence-corrected chi connectivity index (χ3v) is 2.85. The number of carbonyl (C=O) groups excluding carboxylic acids is 2. The van der Waals surface area contributed by atoms with Gasteiger partial charge in [-0.05, 0) is 0 Å². The number of hydrogen-bond donors (Lipinski definition) is 1. The topological polar surface area (TPSA) is 83.9 Å². The first-order valence-corrected chi connectivity index (χ1v) is 5.39. The minimum Gasteiger partial charge on any atom is -0.480 e. The smallest absolute Gasteiger partial charge is 0.327 e.